The van der Waals surface area contributed by atoms with Gasteiger partial charge in [-0.1, -0.05) is 41.1 Å². The van der Waals surface area contributed by atoms with Gasteiger partial charge < -0.3 is 10.1 Å². The maximum absolute atomic E-state index is 11.2. The lowest BCUT2D eigenvalue weighted by atomic mass is 10.2. The largest absolute Gasteiger partial charge is 0.467 e. The summed E-state index contributed by atoms with van der Waals surface area (Å²) in [5, 5.41) is 4.03. The Morgan fingerprint density at radius 1 is 1.10 bits per heavy atom. The molecule has 3 N–H and O–H groups in total. The molecule has 0 saturated heterocycles. The predicted molar refractivity (Wildman–Crippen MR) is 125 cm³/mol. The first-order valence-corrected chi connectivity index (χ1v) is 10.5. The highest BCUT2D eigenvalue weighted by atomic mass is 35.5. The number of fused-ring (bicyclic) bond motifs is 2. The summed E-state index contributed by atoms with van der Waals surface area (Å²) in [7, 11) is -1.36. The van der Waals surface area contributed by atoms with Crippen LogP contribution in [0, 0.1) is 0 Å². The summed E-state index contributed by atoms with van der Waals surface area (Å²) in [6, 6.07) is 17.2. The maximum atomic E-state index is 11.2. The smallest absolute Gasteiger partial charge is 0.206 e. The van der Waals surface area contributed by atoms with Gasteiger partial charge in [0.1, 0.15) is 11.4 Å². The van der Waals surface area contributed by atoms with Crippen LogP contribution >= 0.6 is 35.6 Å². The van der Waals surface area contributed by atoms with Crippen LogP contribution in [-0.4, -0.2) is 33.1 Å². The molecule has 0 aliphatic carbocycles. The summed E-state index contributed by atoms with van der Waals surface area (Å²) in [4.78, 5) is 4.49. The third-order valence-corrected chi connectivity index (χ3v) is 6.62. The Morgan fingerprint density at radius 2 is 1.83 bits per heavy atom. The highest BCUT2D eigenvalue weighted by molar-refractivity contribution is 8.26. The van der Waals surface area contributed by atoms with Crippen LogP contribution in [-0.2, 0) is 0 Å². The minimum absolute atomic E-state index is 0. The number of anilines is 2. The molecule has 2 heterocycles. The highest BCUT2D eigenvalue weighted by Gasteiger charge is 2.41. The van der Waals surface area contributed by atoms with E-state index in [0.717, 1.165) is 23.9 Å². The SMILES string of the molecule is CNCCCC1Oc2ccccc2N(c2cnc3ccccc3c2)S1(O)O.Cl.Cl. The van der Waals surface area contributed by atoms with E-state index in [1.165, 1.54) is 0 Å². The van der Waals surface area contributed by atoms with E-state index in [9.17, 15) is 9.11 Å². The molecule has 2 aromatic carbocycles. The molecule has 1 aliphatic heterocycles. The number of hydrogen-bond donors (Lipinski definition) is 3. The van der Waals surface area contributed by atoms with Crippen molar-refractivity contribution in [1.29, 1.82) is 0 Å². The van der Waals surface area contributed by atoms with E-state index in [2.05, 4.69) is 10.3 Å². The molecule has 9 heteroatoms. The van der Waals surface area contributed by atoms with Crippen molar-refractivity contribution in [3.8, 4) is 5.75 Å². The molecule has 0 radical (unpaired) electrons. The van der Waals surface area contributed by atoms with Crippen LogP contribution in [0.25, 0.3) is 10.9 Å². The average molecular weight is 458 g/mol. The van der Waals surface area contributed by atoms with E-state index in [0.29, 0.717) is 23.5 Å². The van der Waals surface area contributed by atoms with E-state index < -0.39 is 16.2 Å². The number of pyridine rings is 1. The Morgan fingerprint density at radius 3 is 2.62 bits per heavy atom. The van der Waals surface area contributed by atoms with Gasteiger partial charge in [-0.05, 0) is 44.3 Å². The molecular formula is C20H25Cl2N3O3S. The topological polar surface area (TPSA) is 77.9 Å². The van der Waals surface area contributed by atoms with Crippen molar-refractivity contribution in [3.05, 3.63) is 60.8 Å². The van der Waals surface area contributed by atoms with Crippen LogP contribution in [0.5, 0.6) is 5.75 Å². The average Bonchev–Trinajstić information content (AvgIpc) is 2.68. The summed E-state index contributed by atoms with van der Waals surface area (Å²) in [6.45, 7) is 0.786. The third kappa shape index (κ3) is 4.55. The van der Waals surface area contributed by atoms with Gasteiger partial charge in [0.2, 0.25) is 5.44 Å². The van der Waals surface area contributed by atoms with Crippen LogP contribution < -0.4 is 14.4 Å². The van der Waals surface area contributed by atoms with E-state index in [-0.39, 0.29) is 24.8 Å². The molecule has 0 amide bonds. The fourth-order valence-electron chi connectivity index (χ4n) is 3.32. The molecule has 6 nitrogen and oxygen atoms in total. The van der Waals surface area contributed by atoms with Gasteiger partial charge in [-0.2, -0.15) is 0 Å². The lowest BCUT2D eigenvalue weighted by Crippen LogP contribution is -2.39. The Labute approximate surface area is 184 Å². The molecule has 1 unspecified atom stereocenters. The minimum Gasteiger partial charge on any atom is -0.467 e. The van der Waals surface area contributed by atoms with Crippen molar-refractivity contribution in [2.45, 2.75) is 18.3 Å². The van der Waals surface area contributed by atoms with Crippen molar-refractivity contribution in [2.24, 2.45) is 0 Å². The molecule has 29 heavy (non-hydrogen) atoms. The first-order valence-electron chi connectivity index (χ1n) is 8.93. The van der Waals surface area contributed by atoms with E-state index in [4.69, 9.17) is 4.74 Å². The Balaban J connectivity index is 0.00000150. The van der Waals surface area contributed by atoms with Crippen LogP contribution in [0.1, 0.15) is 12.8 Å². The monoisotopic (exact) mass is 457 g/mol. The number of halogens is 2. The maximum Gasteiger partial charge on any atom is 0.206 e. The van der Waals surface area contributed by atoms with E-state index in [1.807, 2.05) is 61.6 Å². The molecule has 1 atom stereocenters. The Kier molecular flexibility index (Phi) is 7.99. The zero-order chi connectivity index (χ0) is 18.9. The van der Waals surface area contributed by atoms with Gasteiger partial charge in [-0.25, -0.2) is 4.31 Å². The second-order valence-corrected chi connectivity index (χ2v) is 8.52. The Bertz CT molecular complexity index is 961. The van der Waals surface area contributed by atoms with Gasteiger partial charge in [-0.15, -0.1) is 24.8 Å². The first-order chi connectivity index (χ1) is 13.1. The molecular weight excluding hydrogens is 433 g/mol. The molecule has 4 rings (SSSR count). The number of ether oxygens (including phenoxy) is 1. The molecule has 0 saturated carbocycles. The summed E-state index contributed by atoms with van der Waals surface area (Å²) in [5.41, 5.74) is 1.44. The fourth-order valence-corrected chi connectivity index (χ4v) is 5.12. The van der Waals surface area contributed by atoms with Gasteiger partial charge in [-0.3, -0.25) is 14.1 Å². The van der Waals surface area contributed by atoms with Crippen LogP contribution in [0.2, 0.25) is 0 Å². The lowest BCUT2D eigenvalue weighted by molar-refractivity contribution is 0.235. The molecule has 0 spiro atoms. The summed E-state index contributed by atoms with van der Waals surface area (Å²) in [5.74, 6) is 0.645. The highest BCUT2D eigenvalue weighted by Crippen LogP contribution is 2.61. The molecule has 0 bridgehead atoms. The summed E-state index contributed by atoms with van der Waals surface area (Å²) >= 11 is 0. The summed E-state index contributed by atoms with van der Waals surface area (Å²) in [6.07, 6.45) is 3.00. The lowest BCUT2D eigenvalue weighted by Gasteiger charge is -2.51. The Hall–Kier alpha value is -1.74. The molecule has 0 fully saturated rings. The van der Waals surface area contributed by atoms with E-state index in [1.54, 1.807) is 10.5 Å². The molecule has 1 aliphatic rings. The van der Waals surface area contributed by atoms with Gasteiger partial charge in [0.05, 0.1) is 17.4 Å². The van der Waals surface area contributed by atoms with Crippen LogP contribution in [0.4, 0.5) is 11.4 Å². The van der Waals surface area contributed by atoms with E-state index >= 15 is 0 Å². The number of aromatic nitrogens is 1. The molecule has 1 aromatic heterocycles. The van der Waals surface area contributed by atoms with Crippen molar-refractivity contribution >= 4 is 57.9 Å². The number of benzene rings is 2. The zero-order valence-corrected chi connectivity index (χ0v) is 18.3. The molecule has 3 aromatic rings. The standard InChI is InChI=1S/C20H23N3O3S.2ClH/c1-21-12-6-11-20-26-19-10-5-4-9-18(19)23(27(20,24)25)16-13-15-7-2-3-8-17(15)22-14-16;;/h2-5,7-10,13-14,20-21,24-25H,6,11-12H2,1H3;2*1H. The fraction of sp³-hybridized carbons (Fsp3) is 0.250. The van der Waals surface area contributed by atoms with Crippen molar-refractivity contribution in [2.75, 3.05) is 17.9 Å². The quantitative estimate of drug-likeness (QED) is 0.432. The van der Waals surface area contributed by atoms with Crippen LogP contribution in [0.15, 0.2) is 60.8 Å². The van der Waals surface area contributed by atoms with Crippen molar-refractivity contribution in [1.82, 2.24) is 10.3 Å². The zero-order valence-electron chi connectivity index (χ0n) is 15.9. The minimum atomic E-state index is -3.24. The third-order valence-electron chi connectivity index (χ3n) is 4.64. The number of para-hydroxylation sites is 3. The summed E-state index contributed by atoms with van der Waals surface area (Å²) < 4.78 is 29.9. The van der Waals surface area contributed by atoms with Gasteiger partial charge >= 0.3 is 0 Å². The second kappa shape index (κ2) is 9.84. The van der Waals surface area contributed by atoms with Gasteiger partial charge in [0, 0.05) is 11.8 Å². The first kappa shape index (κ1) is 23.5. The van der Waals surface area contributed by atoms with Gasteiger partial charge in [0.15, 0.2) is 0 Å². The second-order valence-electron chi connectivity index (χ2n) is 6.50. The molecule has 158 valence electrons. The van der Waals surface area contributed by atoms with Gasteiger partial charge in [0.25, 0.3) is 0 Å². The predicted octanol–water partition coefficient (Wildman–Crippen LogP) is 5.60. The number of rotatable bonds is 5. The number of hydrogen-bond acceptors (Lipinski definition) is 6. The van der Waals surface area contributed by atoms with Crippen LogP contribution in [0.3, 0.4) is 0 Å². The van der Waals surface area contributed by atoms with Crippen molar-refractivity contribution in [3.63, 3.8) is 0 Å². The normalized spacial score (nSPS) is 18.0. The number of nitrogens with one attached hydrogen (secondary N) is 1. The van der Waals surface area contributed by atoms with Crippen molar-refractivity contribution < 1.29 is 13.8 Å². The number of nitrogens with zero attached hydrogens (tertiary/aromatic N) is 2.